The predicted molar refractivity (Wildman–Crippen MR) is 122 cm³/mol. The highest BCUT2D eigenvalue weighted by Gasteiger charge is 2.26. The van der Waals surface area contributed by atoms with Gasteiger partial charge in [0, 0.05) is 19.7 Å². The van der Waals surface area contributed by atoms with Gasteiger partial charge in [0.1, 0.15) is 12.2 Å². The van der Waals surface area contributed by atoms with Crippen molar-refractivity contribution < 1.29 is 23.9 Å². The number of methoxy groups -OCH3 is 2. The van der Waals surface area contributed by atoms with E-state index in [2.05, 4.69) is 24.4 Å². The Morgan fingerprint density at radius 2 is 1.81 bits per heavy atom. The molecule has 1 unspecified atom stereocenters. The van der Waals surface area contributed by atoms with Crippen LogP contribution in [0.25, 0.3) is 0 Å². The van der Waals surface area contributed by atoms with E-state index in [-0.39, 0.29) is 41.9 Å². The Bertz CT molecular complexity index is 915. The minimum Gasteiger partial charge on any atom is -0.493 e. The SMILES string of the molecule is CCc1ccc(C(CNC(=O)c2cc(OC)c(OCCOC)cc2[N+](=O)[O-])N(C)C)cc1. The van der Waals surface area contributed by atoms with Crippen LogP contribution in [0.1, 0.15) is 34.5 Å². The van der Waals surface area contributed by atoms with Crippen molar-refractivity contribution in [2.45, 2.75) is 19.4 Å². The first-order valence-corrected chi connectivity index (χ1v) is 10.3. The molecule has 2 aromatic rings. The number of amides is 1. The molecule has 1 atom stereocenters. The maximum atomic E-state index is 12.9. The lowest BCUT2D eigenvalue weighted by Gasteiger charge is -2.25. The molecule has 32 heavy (non-hydrogen) atoms. The van der Waals surface area contributed by atoms with Gasteiger partial charge in [-0.2, -0.15) is 0 Å². The monoisotopic (exact) mass is 445 g/mol. The number of rotatable bonds is 12. The highest BCUT2D eigenvalue weighted by Crippen LogP contribution is 2.35. The molecule has 9 nitrogen and oxygen atoms in total. The van der Waals surface area contributed by atoms with E-state index in [4.69, 9.17) is 14.2 Å². The van der Waals surface area contributed by atoms with E-state index in [9.17, 15) is 14.9 Å². The van der Waals surface area contributed by atoms with Crippen molar-refractivity contribution in [3.8, 4) is 11.5 Å². The van der Waals surface area contributed by atoms with Gasteiger partial charge in [-0.15, -0.1) is 0 Å². The minimum absolute atomic E-state index is 0.0928. The van der Waals surface area contributed by atoms with Crippen LogP contribution in [0.2, 0.25) is 0 Å². The van der Waals surface area contributed by atoms with Gasteiger partial charge in [-0.1, -0.05) is 31.2 Å². The maximum Gasteiger partial charge on any atom is 0.286 e. The molecule has 9 heteroatoms. The fourth-order valence-corrected chi connectivity index (χ4v) is 3.25. The number of hydrogen-bond donors (Lipinski definition) is 1. The number of hydrogen-bond acceptors (Lipinski definition) is 7. The summed E-state index contributed by atoms with van der Waals surface area (Å²) in [5.74, 6) is -0.151. The Kier molecular flexibility index (Phi) is 9.42. The van der Waals surface area contributed by atoms with Gasteiger partial charge in [0.15, 0.2) is 11.5 Å². The third-order valence-electron chi connectivity index (χ3n) is 5.12. The summed E-state index contributed by atoms with van der Waals surface area (Å²) in [6, 6.07) is 10.6. The second-order valence-electron chi connectivity index (χ2n) is 7.40. The number of nitro groups is 1. The van der Waals surface area contributed by atoms with E-state index in [0.29, 0.717) is 6.61 Å². The van der Waals surface area contributed by atoms with Crippen LogP contribution >= 0.6 is 0 Å². The van der Waals surface area contributed by atoms with E-state index >= 15 is 0 Å². The predicted octanol–water partition coefficient (Wildman–Crippen LogP) is 3.22. The molecule has 2 rings (SSSR count). The van der Waals surface area contributed by atoms with Crippen molar-refractivity contribution in [2.75, 3.05) is 48.1 Å². The van der Waals surface area contributed by atoms with Crippen LogP contribution in [-0.4, -0.2) is 63.8 Å². The average Bonchev–Trinajstić information content (AvgIpc) is 2.78. The lowest BCUT2D eigenvalue weighted by Crippen LogP contribution is -2.34. The summed E-state index contributed by atoms with van der Waals surface area (Å²) in [7, 11) is 6.77. The zero-order chi connectivity index (χ0) is 23.7. The summed E-state index contributed by atoms with van der Waals surface area (Å²) in [6.45, 7) is 2.87. The van der Waals surface area contributed by atoms with Crippen molar-refractivity contribution in [2.24, 2.45) is 0 Å². The molecule has 0 bridgehead atoms. The Balaban J connectivity index is 2.25. The number of nitrogens with zero attached hydrogens (tertiary/aromatic N) is 2. The molecule has 0 heterocycles. The number of likely N-dealkylation sites (N-methyl/N-ethyl adjacent to an activating group) is 1. The quantitative estimate of drug-likeness (QED) is 0.304. The van der Waals surface area contributed by atoms with Gasteiger partial charge in [0.05, 0.1) is 30.7 Å². The van der Waals surface area contributed by atoms with Crippen molar-refractivity contribution in [3.63, 3.8) is 0 Å². The zero-order valence-corrected chi connectivity index (χ0v) is 19.2. The van der Waals surface area contributed by atoms with Gasteiger partial charge in [-0.05, 0) is 31.6 Å². The molecule has 174 valence electrons. The number of carbonyl (C=O) groups excluding carboxylic acids is 1. The summed E-state index contributed by atoms with van der Waals surface area (Å²) in [6.07, 6.45) is 0.945. The topological polar surface area (TPSA) is 103 Å². The third kappa shape index (κ3) is 6.41. The lowest BCUT2D eigenvalue weighted by molar-refractivity contribution is -0.385. The van der Waals surface area contributed by atoms with E-state index in [1.165, 1.54) is 31.9 Å². The fraction of sp³-hybridized carbons (Fsp3) is 0.435. The number of nitrogens with one attached hydrogen (secondary N) is 1. The largest absolute Gasteiger partial charge is 0.493 e. The first kappa shape index (κ1) is 25.1. The molecule has 1 N–H and O–H groups in total. The summed E-state index contributed by atoms with van der Waals surface area (Å²) in [5.41, 5.74) is 1.82. The maximum absolute atomic E-state index is 12.9. The smallest absolute Gasteiger partial charge is 0.286 e. The standard InChI is InChI=1S/C23H31N3O6/c1-6-16-7-9-17(10-8-16)20(25(2)3)15-24-23(27)18-13-21(31-5)22(32-12-11-30-4)14-19(18)26(28)29/h7-10,13-14,20H,6,11-12,15H2,1-5H3,(H,24,27). The second-order valence-corrected chi connectivity index (χ2v) is 7.40. The molecule has 1 amide bonds. The second kappa shape index (κ2) is 12.0. The van der Waals surface area contributed by atoms with Gasteiger partial charge in [0.2, 0.25) is 0 Å². The Hall–Kier alpha value is -3.17. The lowest BCUT2D eigenvalue weighted by atomic mass is 10.0. The van der Waals surface area contributed by atoms with Gasteiger partial charge < -0.3 is 24.4 Å². The molecule has 0 aromatic heterocycles. The molecule has 2 aromatic carbocycles. The van der Waals surface area contributed by atoms with E-state index in [1.807, 2.05) is 31.1 Å². The van der Waals surface area contributed by atoms with Crippen LogP contribution in [0.5, 0.6) is 11.5 Å². The van der Waals surface area contributed by atoms with E-state index in [0.717, 1.165) is 12.0 Å². The summed E-state index contributed by atoms with van der Waals surface area (Å²) >= 11 is 0. The molecule has 0 spiro atoms. The molecule has 0 radical (unpaired) electrons. The summed E-state index contributed by atoms with van der Waals surface area (Å²) < 4.78 is 15.7. The molecular weight excluding hydrogens is 414 g/mol. The first-order chi connectivity index (χ1) is 15.3. The van der Waals surface area contributed by atoms with Gasteiger partial charge >= 0.3 is 0 Å². The molecule has 0 aliphatic carbocycles. The van der Waals surface area contributed by atoms with Crippen molar-refractivity contribution >= 4 is 11.6 Å². The Labute approximate surface area is 188 Å². The zero-order valence-electron chi connectivity index (χ0n) is 19.2. The molecular formula is C23H31N3O6. The number of carbonyl (C=O) groups is 1. The molecule has 0 aliphatic heterocycles. The van der Waals surface area contributed by atoms with Gasteiger partial charge in [-0.3, -0.25) is 14.9 Å². The number of nitro benzene ring substituents is 1. The van der Waals surface area contributed by atoms with Gasteiger partial charge in [0.25, 0.3) is 11.6 Å². The summed E-state index contributed by atoms with van der Waals surface area (Å²) in [4.78, 5) is 25.9. The highest BCUT2D eigenvalue weighted by atomic mass is 16.6. The van der Waals surface area contributed by atoms with Crippen molar-refractivity contribution in [3.05, 3.63) is 63.2 Å². The first-order valence-electron chi connectivity index (χ1n) is 10.3. The number of ether oxygens (including phenoxy) is 3. The van der Waals surface area contributed by atoms with Crippen LogP contribution in [0.4, 0.5) is 5.69 Å². The van der Waals surface area contributed by atoms with Gasteiger partial charge in [-0.25, -0.2) is 0 Å². The van der Waals surface area contributed by atoms with E-state index < -0.39 is 10.8 Å². The van der Waals surface area contributed by atoms with E-state index in [1.54, 1.807) is 0 Å². The molecule has 0 fully saturated rings. The van der Waals surface area contributed by atoms with Crippen LogP contribution in [0.15, 0.2) is 36.4 Å². The van der Waals surface area contributed by atoms with Crippen LogP contribution < -0.4 is 14.8 Å². The number of aryl methyl sites for hydroxylation is 1. The molecule has 0 saturated heterocycles. The summed E-state index contributed by atoms with van der Waals surface area (Å²) in [5, 5.41) is 14.5. The normalized spacial score (nSPS) is 11.8. The fourth-order valence-electron chi connectivity index (χ4n) is 3.25. The minimum atomic E-state index is -0.607. The van der Waals surface area contributed by atoms with Crippen LogP contribution in [-0.2, 0) is 11.2 Å². The van der Waals surface area contributed by atoms with Crippen molar-refractivity contribution in [1.29, 1.82) is 0 Å². The highest BCUT2D eigenvalue weighted by molar-refractivity contribution is 5.99. The Morgan fingerprint density at radius 1 is 1.12 bits per heavy atom. The van der Waals surface area contributed by atoms with Crippen LogP contribution in [0.3, 0.4) is 0 Å². The molecule has 0 saturated carbocycles. The average molecular weight is 446 g/mol. The van der Waals surface area contributed by atoms with Crippen molar-refractivity contribution in [1.82, 2.24) is 10.2 Å². The third-order valence-corrected chi connectivity index (χ3v) is 5.12. The van der Waals surface area contributed by atoms with Crippen LogP contribution in [0, 0.1) is 10.1 Å². The number of benzene rings is 2. The Morgan fingerprint density at radius 3 is 2.34 bits per heavy atom. The molecule has 0 aliphatic rings.